The Morgan fingerprint density at radius 1 is 1.56 bits per heavy atom. The van der Waals surface area contributed by atoms with E-state index in [4.69, 9.17) is 5.73 Å². The number of hydrogen-bond acceptors (Lipinski definition) is 4. The second-order valence-electron chi connectivity index (χ2n) is 5.06. The van der Waals surface area contributed by atoms with E-state index >= 15 is 0 Å². The summed E-state index contributed by atoms with van der Waals surface area (Å²) in [5, 5.41) is 3.30. The van der Waals surface area contributed by atoms with Gasteiger partial charge in [0, 0.05) is 30.5 Å². The average Bonchev–Trinajstić information content (AvgIpc) is 2.75. The highest BCUT2D eigenvalue weighted by atomic mass is 16.1. The molecule has 0 amide bonds. The highest BCUT2D eigenvalue weighted by Crippen LogP contribution is 2.25. The molecule has 0 aromatic heterocycles. The van der Waals surface area contributed by atoms with Crippen molar-refractivity contribution in [1.82, 2.24) is 5.32 Å². The van der Waals surface area contributed by atoms with Crippen molar-refractivity contribution in [2.75, 3.05) is 30.3 Å². The molecule has 0 saturated carbocycles. The minimum Gasteiger partial charge on any atom is -0.399 e. The van der Waals surface area contributed by atoms with Crippen LogP contribution in [-0.2, 0) is 4.79 Å². The van der Waals surface area contributed by atoms with Crippen molar-refractivity contribution in [3.63, 3.8) is 0 Å². The van der Waals surface area contributed by atoms with Gasteiger partial charge in [0.1, 0.15) is 5.78 Å². The zero-order valence-corrected chi connectivity index (χ0v) is 11.1. The van der Waals surface area contributed by atoms with Crippen molar-refractivity contribution in [1.29, 1.82) is 0 Å². The van der Waals surface area contributed by atoms with E-state index < -0.39 is 0 Å². The van der Waals surface area contributed by atoms with Gasteiger partial charge in [-0.05, 0) is 44.0 Å². The van der Waals surface area contributed by atoms with Crippen molar-refractivity contribution in [2.45, 2.75) is 26.3 Å². The van der Waals surface area contributed by atoms with Crippen LogP contribution in [-0.4, -0.2) is 31.5 Å². The lowest BCUT2D eigenvalue weighted by atomic mass is 10.1. The van der Waals surface area contributed by atoms with Crippen LogP contribution in [0.3, 0.4) is 0 Å². The number of anilines is 2. The molecule has 0 radical (unpaired) electrons. The van der Waals surface area contributed by atoms with Crippen molar-refractivity contribution >= 4 is 17.2 Å². The Balaban J connectivity index is 1.97. The summed E-state index contributed by atoms with van der Waals surface area (Å²) in [5.74, 6) is 0.192. The number of nitrogen functional groups attached to an aromatic ring is 1. The highest BCUT2D eigenvalue weighted by Gasteiger charge is 2.23. The van der Waals surface area contributed by atoms with Crippen LogP contribution in [0.15, 0.2) is 18.2 Å². The third kappa shape index (κ3) is 3.01. The van der Waals surface area contributed by atoms with Gasteiger partial charge in [-0.3, -0.25) is 4.79 Å². The van der Waals surface area contributed by atoms with Gasteiger partial charge in [-0.15, -0.1) is 0 Å². The Bertz CT molecular complexity index is 445. The van der Waals surface area contributed by atoms with Crippen LogP contribution in [0, 0.1) is 6.92 Å². The lowest BCUT2D eigenvalue weighted by molar-refractivity contribution is -0.116. The standard InChI is InChI=1S/C14H21N3O/c1-10-7-12(15)3-4-14(10)17-6-5-13(9-17)16-8-11(2)18/h3-4,7,13,16H,5-6,8-9,15H2,1-2H3. The third-order valence-electron chi connectivity index (χ3n) is 3.39. The first-order valence-corrected chi connectivity index (χ1v) is 6.40. The summed E-state index contributed by atoms with van der Waals surface area (Å²) in [5.41, 5.74) is 9.03. The molecule has 1 heterocycles. The molecule has 1 fully saturated rings. The van der Waals surface area contributed by atoms with Crippen molar-refractivity contribution in [3.05, 3.63) is 23.8 Å². The first-order valence-electron chi connectivity index (χ1n) is 6.40. The number of ketones is 1. The monoisotopic (exact) mass is 247 g/mol. The van der Waals surface area contributed by atoms with Crippen LogP contribution in [0.5, 0.6) is 0 Å². The number of carbonyl (C=O) groups excluding carboxylic acids is 1. The Morgan fingerprint density at radius 3 is 3.00 bits per heavy atom. The van der Waals surface area contributed by atoms with Crippen LogP contribution < -0.4 is 16.0 Å². The first kappa shape index (κ1) is 12.9. The molecule has 1 atom stereocenters. The van der Waals surface area contributed by atoms with Gasteiger partial charge in [0.05, 0.1) is 6.54 Å². The number of benzene rings is 1. The zero-order valence-electron chi connectivity index (χ0n) is 11.1. The molecule has 98 valence electrons. The largest absolute Gasteiger partial charge is 0.399 e. The SMILES string of the molecule is CC(=O)CNC1CCN(c2ccc(N)cc2C)C1. The van der Waals surface area contributed by atoms with E-state index in [2.05, 4.69) is 23.2 Å². The quantitative estimate of drug-likeness (QED) is 0.788. The Labute approximate surface area is 108 Å². The molecule has 1 aliphatic rings. The molecule has 1 aromatic carbocycles. The fourth-order valence-corrected chi connectivity index (χ4v) is 2.47. The molecule has 0 aliphatic carbocycles. The molecule has 1 unspecified atom stereocenters. The van der Waals surface area contributed by atoms with Gasteiger partial charge < -0.3 is 16.0 Å². The number of nitrogens with zero attached hydrogens (tertiary/aromatic N) is 1. The average molecular weight is 247 g/mol. The van der Waals surface area contributed by atoms with Crippen LogP contribution in [0.25, 0.3) is 0 Å². The fraction of sp³-hybridized carbons (Fsp3) is 0.500. The summed E-state index contributed by atoms with van der Waals surface area (Å²) in [7, 11) is 0. The summed E-state index contributed by atoms with van der Waals surface area (Å²) in [6.45, 7) is 6.16. The number of Topliss-reactive ketones (excluding diaryl/α,β-unsaturated/α-hetero) is 1. The zero-order chi connectivity index (χ0) is 13.1. The van der Waals surface area contributed by atoms with Gasteiger partial charge in [-0.1, -0.05) is 0 Å². The Hall–Kier alpha value is -1.55. The van der Waals surface area contributed by atoms with E-state index in [0.717, 1.165) is 25.2 Å². The fourth-order valence-electron chi connectivity index (χ4n) is 2.47. The summed E-state index contributed by atoms with van der Waals surface area (Å²) in [6, 6.07) is 6.44. The topological polar surface area (TPSA) is 58.4 Å². The molecule has 1 saturated heterocycles. The minimum atomic E-state index is 0.192. The van der Waals surface area contributed by atoms with Crippen molar-refractivity contribution in [2.24, 2.45) is 0 Å². The lowest BCUT2D eigenvalue weighted by Gasteiger charge is -2.21. The highest BCUT2D eigenvalue weighted by molar-refractivity contribution is 5.77. The van der Waals surface area contributed by atoms with Crippen molar-refractivity contribution in [3.8, 4) is 0 Å². The van der Waals surface area contributed by atoms with Gasteiger partial charge in [-0.25, -0.2) is 0 Å². The predicted molar refractivity (Wildman–Crippen MR) is 74.9 cm³/mol. The first-order chi connectivity index (χ1) is 8.56. The molecule has 4 nitrogen and oxygen atoms in total. The molecular formula is C14H21N3O. The number of carbonyl (C=O) groups is 1. The summed E-state index contributed by atoms with van der Waals surface area (Å²) in [4.78, 5) is 13.3. The molecule has 0 bridgehead atoms. The van der Waals surface area contributed by atoms with Crippen LogP contribution in [0.1, 0.15) is 18.9 Å². The Morgan fingerprint density at radius 2 is 2.33 bits per heavy atom. The molecule has 0 spiro atoms. The predicted octanol–water partition coefficient (Wildman–Crippen LogP) is 1.33. The second kappa shape index (κ2) is 5.40. The molecule has 1 aliphatic heterocycles. The second-order valence-corrected chi connectivity index (χ2v) is 5.06. The summed E-state index contributed by atoms with van der Waals surface area (Å²) in [6.07, 6.45) is 1.08. The smallest absolute Gasteiger partial charge is 0.143 e. The van der Waals surface area contributed by atoms with Gasteiger partial charge >= 0.3 is 0 Å². The molecule has 3 N–H and O–H groups in total. The van der Waals surface area contributed by atoms with Crippen LogP contribution in [0.4, 0.5) is 11.4 Å². The molecule has 4 heteroatoms. The number of aryl methyl sites for hydroxylation is 1. The molecule has 2 rings (SSSR count). The normalized spacial score (nSPS) is 19.2. The van der Waals surface area contributed by atoms with E-state index in [0.29, 0.717) is 12.6 Å². The minimum absolute atomic E-state index is 0.192. The van der Waals surface area contributed by atoms with E-state index in [9.17, 15) is 4.79 Å². The number of rotatable bonds is 4. The van der Waals surface area contributed by atoms with E-state index in [1.54, 1.807) is 6.92 Å². The van der Waals surface area contributed by atoms with Gasteiger partial charge in [0.25, 0.3) is 0 Å². The van der Waals surface area contributed by atoms with Gasteiger partial charge in [0.15, 0.2) is 0 Å². The van der Waals surface area contributed by atoms with Gasteiger partial charge in [-0.2, -0.15) is 0 Å². The Kier molecular flexibility index (Phi) is 3.87. The maximum absolute atomic E-state index is 11.0. The van der Waals surface area contributed by atoms with Crippen LogP contribution in [0.2, 0.25) is 0 Å². The van der Waals surface area contributed by atoms with Crippen molar-refractivity contribution < 1.29 is 4.79 Å². The number of nitrogens with one attached hydrogen (secondary N) is 1. The van der Waals surface area contributed by atoms with E-state index in [1.807, 2.05) is 12.1 Å². The molecule has 1 aromatic rings. The molecule has 18 heavy (non-hydrogen) atoms. The maximum atomic E-state index is 11.0. The number of hydrogen-bond donors (Lipinski definition) is 2. The van der Waals surface area contributed by atoms with Crippen LogP contribution >= 0.6 is 0 Å². The molecular weight excluding hydrogens is 226 g/mol. The number of nitrogens with two attached hydrogens (primary N) is 1. The van der Waals surface area contributed by atoms with E-state index in [-0.39, 0.29) is 5.78 Å². The van der Waals surface area contributed by atoms with Gasteiger partial charge in [0.2, 0.25) is 0 Å². The summed E-state index contributed by atoms with van der Waals surface area (Å²) >= 11 is 0. The third-order valence-corrected chi connectivity index (χ3v) is 3.39. The summed E-state index contributed by atoms with van der Waals surface area (Å²) < 4.78 is 0. The van der Waals surface area contributed by atoms with E-state index in [1.165, 1.54) is 11.3 Å². The maximum Gasteiger partial charge on any atom is 0.143 e. The lowest BCUT2D eigenvalue weighted by Crippen LogP contribution is -2.35.